The third kappa shape index (κ3) is 4.07. The van der Waals surface area contributed by atoms with Crippen LogP contribution >= 0.6 is 0 Å². The van der Waals surface area contributed by atoms with Crippen molar-refractivity contribution in [2.75, 3.05) is 13.7 Å². The molecule has 0 saturated heterocycles. The van der Waals surface area contributed by atoms with Crippen LogP contribution in [0, 0.1) is 10.1 Å². The molecular weight excluding hydrogens is 272 g/mol. The lowest BCUT2D eigenvalue weighted by Gasteiger charge is -2.31. The highest BCUT2D eigenvalue weighted by atomic mass is 16.6. The van der Waals surface area contributed by atoms with Crippen LogP contribution in [0.4, 0.5) is 5.69 Å². The highest BCUT2D eigenvalue weighted by Crippen LogP contribution is 2.30. The van der Waals surface area contributed by atoms with E-state index in [9.17, 15) is 10.1 Å². The average molecular weight is 294 g/mol. The molecule has 6 nitrogen and oxygen atoms in total. The number of rotatable bonds is 6. The highest BCUT2D eigenvalue weighted by Gasteiger charge is 2.26. The van der Waals surface area contributed by atoms with Crippen LogP contribution in [0.25, 0.3) is 0 Å². The van der Waals surface area contributed by atoms with Crippen LogP contribution in [0.1, 0.15) is 32.6 Å². The van der Waals surface area contributed by atoms with E-state index in [1.165, 1.54) is 18.6 Å². The van der Waals surface area contributed by atoms with Gasteiger partial charge in [0.05, 0.1) is 23.7 Å². The Kier molecular flexibility index (Phi) is 5.38. The lowest BCUT2D eigenvalue weighted by molar-refractivity contribution is -0.385. The summed E-state index contributed by atoms with van der Waals surface area (Å²) in [6.45, 7) is 2.31. The molecule has 0 bridgehead atoms. The summed E-state index contributed by atoms with van der Waals surface area (Å²) in [6.07, 6.45) is 4.37. The van der Waals surface area contributed by atoms with Crippen molar-refractivity contribution < 1.29 is 14.4 Å². The summed E-state index contributed by atoms with van der Waals surface area (Å²) >= 11 is 0. The first-order valence-corrected chi connectivity index (χ1v) is 7.40. The summed E-state index contributed by atoms with van der Waals surface area (Å²) in [4.78, 5) is 10.6. The van der Waals surface area contributed by atoms with Crippen molar-refractivity contribution in [2.45, 2.75) is 44.8 Å². The normalized spacial score (nSPS) is 21.8. The summed E-state index contributed by atoms with van der Waals surface area (Å²) in [5, 5.41) is 14.3. The fourth-order valence-electron chi connectivity index (χ4n) is 2.72. The second-order valence-electron chi connectivity index (χ2n) is 5.19. The van der Waals surface area contributed by atoms with E-state index in [0.29, 0.717) is 18.1 Å². The molecule has 1 aliphatic carbocycles. The van der Waals surface area contributed by atoms with Gasteiger partial charge in [-0.3, -0.25) is 10.1 Å². The molecule has 116 valence electrons. The van der Waals surface area contributed by atoms with Gasteiger partial charge >= 0.3 is 0 Å². The third-order valence-corrected chi connectivity index (χ3v) is 3.75. The van der Waals surface area contributed by atoms with Crippen molar-refractivity contribution in [1.82, 2.24) is 5.32 Å². The number of likely N-dealkylation sites (N-methyl/N-ethyl adjacent to an activating group) is 1. The number of nitro groups is 1. The van der Waals surface area contributed by atoms with E-state index in [4.69, 9.17) is 9.47 Å². The zero-order valence-electron chi connectivity index (χ0n) is 12.5. The minimum absolute atomic E-state index is 0.00670. The molecule has 0 aromatic heterocycles. The molecular formula is C15H22N2O4. The van der Waals surface area contributed by atoms with Gasteiger partial charge in [0.15, 0.2) is 0 Å². The minimum atomic E-state index is -0.425. The first-order valence-electron chi connectivity index (χ1n) is 7.40. The van der Waals surface area contributed by atoms with Gasteiger partial charge in [-0.25, -0.2) is 0 Å². The molecule has 0 aliphatic heterocycles. The van der Waals surface area contributed by atoms with Gasteiger partial charge in [0.25, 0.3) is 5.69 Å². The van der Waals surface area contributed by atoms with Crippen LogP contribution in [0.3, 0.4) is 0 Å². The van der Waals surface area contributed by atoms with Crippen LogP contribution in [0.5, 0.6) is 11.5 Å². The predicted octanol–water partition coefficient (Wildman–Crippen LogP) is 2.90. The average Bonchev–Trinajstić information content (AvgIpc) is 2.48. The zero-order chi connectivity index (χ0) is 15.2. The quantitative estimate of drug-likeness (QED) is 0.645. The molecule has 1 saturated carbocycles. The third-order valence-electron chi connectivity index (χ3n) is 3.75. The first-order chi connectivity index (χ1) is 10.1. The number of non-ortho nitro benzene ring substituents is 1. The molecule has 0 spiro atoms. The molecule has 0 amide bonds. The molecule has 2 unspecified atom stereocenters. The number of nitrogens with one attached hydrogen (secondary N) is 1. The summed E-state index contributed by atoms with van der Waals surface area (Å²) in [6, 6.07) is 4.89. The fourth-order valence-corrected chi connectivity index (χ4v) is 2.72. The maximum Gasteiger partial charge on any atom is 0.276 e. The monoisotopic (exact) mass is 294 g/mol. The molecule has 0 radical (unpaired) electrons. The Labute approximate surface area is 124 Å². The summed E-state index contributed by atoms with van der Waals surface area (Å²) in [5.41, 5.74) is -0.00670. The van der Waals surface area contributed by atoms with E-state index in [1.807, 2.05) is 14.0 Å². The maximum absolute atomic E-state index is 11.0. The van der Waals surface area contributed by atoms with Crippen LogP contribution in [0.2, 0.25) is 0 Å². The number of hydrogen-bond donors (Lipinski definition) is 1. The molecule has 1 fully saturated rings. The predicted molar refractivity (Wildman–Crippen MR) is 80.0 cm³/mol. The maximum atomic E-state index is 11.0. The van der Waals surface area contributed by atoms with Crippen molar-refractivity contribution in [3.8, 4) is 11.5 Å². The van der Waals surface area contributed by atoms with Gasteiger partial charge in [-0.15, -0.1) is 0 Å². The van der Waals surface area contributed by atoms with Gasteiger partial charge in [0.1, 0.15) is 17.6 Å². The molecule has 0 heterocycles. The van der Waals surface area contributed by atoms with Crippen molar-refractivity contribution in [2.24, 2.45) is 0 Å². The van der Waals surface area contributed by atoms with Crippen LogP contribution < -0.4 is 14.8 Å². The van der Waals surface area contributed by atoms with Gasteiger partial charge in [-0.05, 0) is 33.2 Å². The second-order valence-corrected chi connectivity index (χ2v) is 5.19. The van der Waals surface area contributed by atoms with Gasteiger partial charge < -0.3 is 14.8 Å². The Morgan fingerprint density at radius 1 is 1.29 bits per heavy atom. The SMILES string of the molecule is CCOc1cc(OC2CCCCC2NC)cc([N+](=O)[O-])c1. The van der Waals surface area contributed by atoms with Crippen molar-refractivity contribution >= 4 is 5.69 Å². The number of benzene rings is 1. The molecule has 1 aromatic rings. The lowest BCUT2D eigenvalue weighted by atomic mass is 9.92. The number of nitro benzene ring substituents is 1. The Bertz CT molecular complexity index is 493. The topological polar surface area (TPSA) is 73.6 Å². The first kappa shape index (κ1) is 15.6. The molecule has 6 heteroatoms. The van der Waals surface area contributed by atoms with E-state index in [2.05, 4.69) is 5.32 Å². The Balaban J connectivity index is 2.19. The Morgan fingerprint density at radius 3 is 2.67 bits per heavy atom. The lowest BCUT2D eigenvalue weighted by Crippen LogP contribution is -2.43. The van der Waals surface area contributed by atoms with Gasteiger partial charge in [0.2, 0.25) is 0 Å². The van der Waals surface area contributed by atoms with E-state index in [0.717, 1.165) is 19.3 Å². The van der Waals surface area contributed by atoms with E-state index in [-0.39, 0.29) is 17.8 Å². The largest absolute Gasteiger partial charge is 0.493 e. The zero-order valence-corrected chi connectivity index (χ0v) is 12.5. The van der Waals surface area contributed by atoms with Gasteiger partial charge in [0, 0.05) is 12.1 Å². The van der Waals surface area contributed by atoms with Crippen LogP contribution in [-0.4, -0.2) is 30.7 Å². The number of ether oxygens (including phenoxy) is 2. The van der Waals surface area contributed by atoms with Crippen molar-refractivity contribution in [1.29, 1.82) is 0 Å². The fraction of sp³-hybridized carbons (Fsp3) is 0.600. The van der Waals surface area contributed by atoms with Crippen molar-refractivity contribution in [3.63, 3.8) is 0 Å². The summed E-state index contributed by atoms with van der Waals surface area (Å²) in [7, 11) is 1.92. The van der Waals surface area contributed by atoms with Gasteiger partial charge in [-0.1, -0.05) is 6.42 Å². The molecule has 21 heavy (non-hydrogen) atoms. The molecule has 1 N–H and O–H groups in total. The molecule has 2 atom stereocenters. The van der Waals surface area contributed by atoms with E-state index >= 15 is 0 Å². The Hall–Kier alpha value is -1.82. The smallest absolute Gasteiger partial charge is 0.276 e. The van der Waals surface area contributed by atoms with E-state index < -0.39 is 4.92 Å². The Morgan fingerprint density at radius 2 is 2.00 bits per heavy atom. The standard InChI is InChI=1S/C15H22N2O4/c1-3-20-12-8-11(17(18)19)9-13(10-12)21-15-7-5-4-6-14(15)16-2/h8-10,14-16H,3-7H2,1-2H3. The number of hydrogen-bond acceptors (Lipinski definition) is 5. The van der Waals surface area contributed by atoms with Gasteiger partial charge in [-0.2, -0.15) is 0 Å². The summed E-state index contributed by atoms with van der Waals surface area (Å²) in [5.74, 6) is 0.971. The van der Waals surface area contributed by atoms with Crippen LogP contribution in [0.15, 0.2) is 18.2 Å². The number of nitrogens with zero attached hydrogens (tertiary/aromatic N) is 1. The minimum Gasteiger partial charge on any atom is -0.493 e. The molecule has 1 aliphatic rings. The molecule has 1 aromatic carbocycles. The highest BCUT2D eigenvalue weighted by molar-refractivity contribution is 5.46. The molecule has 2 rings (SSSR count). The summed E-state index contributed by atoms with van der Waals surface area (Å²) < 4.78 is 11.4. The second kappa shape index (κ2) is 7.26. The van der Waals surface area contributed by atoms with E-state index in [1.54, 1.807) is 6.07 Å². The van der Waals surface area contributed by atoms with Crippen LogP contribution in [-0.2, 0) is 0 Å². The van der Waals surface area contributed by atoms with Crippen molar-refractivity contribution in [3.05, 3.63) is 28.3 Å².